The molecule has 4 rings (SSSR count). The molecule has 1 fully saturated rings. The molecule has 0 spiro atoms. The van der Waals surface area contributed by atoms with E-state index in [9.17, 15) is 9.46 Å². The molecule has 8 heteroatoms. The summed E-state index contributed by atoms with van der Waals surface area (Å²) < 4.78 is 25.5. The zero-order chi connectivity index (χ0) is 20.6. The average Bonchev–Trinajstić information content (AvgIpc) is 2.70. The molecule has 0 aromatic heterocycles. The van der Waals surface area contributed by atoms with Crippen molar-refractivity contribution in [2.75, 3.05) is 0 Å². The number of hydrogen-bond acceptors (Lipinski definition) is 3. The van der Waals surface area contributed by atoms with Gasteiger partial charge in [0.05, 0.1) is 0 Å². The monoisotopic (exact) mass is 468 g/mol. The van der Waals surface area contributed by atoms with Crippen molar-refractivity contribution in [2.45, 2.75) is 18.0 Å². The second-order valence-corrected chi connectivity index (χ2v) is 10.2. The van der Waals surface area contributed by atoms with Crippen molar-refractivity contribution >= 4 is 42.2 Å². The van der Waals surface area contributed by atoms with Crippen LogP contribution in [0.25, 0.3) is 0 Å². The van der Waals surface area contributed by atoms with E-state index in [0.29, 0.717) is 31.8 Å². The summed E-state index contributed by atoms with van der Waals surface area (Å²) in [5.41, 5.74) is 1.77. The van der Waals surface area contributed by atoms with E-state index in [1.54, 1.807) is 72.8 Å². The summed E-state index contributed by atoms with van der Waals surface area (Å²) in [6.07, 6.45) is -0.858. The highest BCUT2D eigenvalue weighted by atomic mass is 35.5. The molecule has 0 bridgehead atoms. The lowest BCUT2D eigenvalue weighted by Crippen LogP contribution is -2.25. The fourth-order valence-corrected chi connectivity index (χ4v) is 5.57. The molecule has 1 heterocycles. The van der Waals surface area contributed by atoms with Crippen molar-refractivity contribution in [3.05, 3.63) is 105 Å². The van der Waals surface area contributed by atoms with Crippen molar-refractivity contribution in [3.8, 4) is 0 Å². The van der Waals surface area contributed by atoms with Crippen LogP contribution in [-0.2, 0) is 14.0 Å². The van der Waals surface area contributed by atoms with E-state index in [-0.39, 0.29) is 0 Å². The van der Waals surface area contributed by atoms with Crippen LogP contribution in [0.1, 0.15) is 34.7 Å². The minimum Gasteiger partial charge on any atom is -0.340 e. The lowest BCUT2D eigenvalue weighted by Gasteiger charge is -2.39. The highest BCUT2D eigenvalue weighted by Crippen LogP contribution is 2.71. The van der Waals surface area contributed by atoms with Crippen LogP contribution in [0.3, 0.4) is 0 Å². The van der Waals surface area contributed by atoms with E-state index in [1.807, 2.05) is 0 Å². The fraction of sp³-hybridized carbons (Fsp3) is 0.143. The van der Waals surface area contributed by atoms with Crippen LogP contribution in [0, 0.1) is 0 Å². The number of rotatable bonds is 3. The number of ether oxygens (including phenoxy) is 2. The Morgan fingerprint density at radius 1 is 0.621 bits per heavy atom. The van der Waals surface area contributed by atoms with Gasteiger partial charge in [0, 0.05) is 20.6 Å². The zero-order valence-corrected chi connectivity index (χ0v) is 18.1. The molecule has 3 aromatic rings. The van der Waals surface area contributed by atoms with Crippen molar-refractivity contribution in [1.82, 2.24) is 0 Å². The molecule has 4 atom stereocenters. The smallest absolute Gasteiger partial charge is 0.265 e. The van der Waals surface area contributed by atoms with Gasteiger partial charge < -0.3 is 14.4 Å². The molecule has 29 heavy (non-hydrogen) atoms. The van der Waals surface area contributed by atoms with Crippen LogP contribution in [-0.4, -0.2) is 4.89 Å². The number of benzene rings is 3. The zero-order valence-electron chi connectivity index (χ0n) is 14.9. The minimum absolute atomic E-state index is 0.525. The number of hydrogen-bond donors (Lipinski definition) is 1. The fourth-order valence-electron chi connectivity index (χ4n) is 3.18. The topological polar surface area (TPSA) is 55.8 Å². The van der Waals surface area contributed by atoms with Gasteiger partial charge in [-0.05, 0) is 47.5 Å². The Labute approximate surface area is 183 Å². The summed E-state index contributed by atoms with van der Waals surface area (Å²) >= 11 is 17.9. The Balaban J connectivity index is 1.78. The first-order chi connectivity index (χ1) is 13.8. The second kappa shape index (κ2) is 8.41. The molecule has 150 valence electrons. The third-order valence-corrected chi connectivity index (χ3v) is 7.57. The van der Waals surface area contributed by atoms with Gasteiger partial charge in [0.25, 0.3) is 7.37 Å². The standard InChI is InChI=1S/C21H16Cl3O4P/c22-16-7-1-13(2-8-16)19-27-20(14-3-9-17(23)10-4-14)29(25,26)21(28-19)15-5-11-18(24)12-6-15/h1-12,19-21H,(H,25,26)/t19?,20-,21+. The maximum Gasteiger partial charge on any atom is 0.265 e. The van der Waals surface area contributed by atoms with Gasteiger partial charge in [0.1, 0.15) is 0 Å². The van der Waals surface area contributed by atoms with E-state index in [4.69, 9.17) is 44.3 Å². The Morgan fingerprint density at radius 2 is 0.931 bits per heavy atom. The number of halogens is 3. The molecule has 1 aliphatic rings. The predicted octanol–water partition coefficient (Wildman–Crippen LogP) is 7.36. The molecule has 1 saturated heterocycles. The van der Waals surface area contributed by atoms with Crippen molar-refractivity contribution in [2.24, 2.45) is 0 Å². The van der Waals surface area contributed by atoms with E-state index in [0.717, 1.165) is 0 Å². The summed E-state index contributed by atoms with van der Waals surface area (Å²) in [5.74, 6) is -2.18. The first kappa shape index (κ1) is 20.9. The molecular formula is C21H16Cl3O4P. The molecular weight excluding hydrogens is 454 g/mol. The summed E-state index contributed by atoms with van der Waals surface area (Å²) in [4.78, 5) is 11.1. The van der Waals surface area contributed by atoms with Crippen LogP contribution in [0.15, 0.2) is 72.8 Å². The lowest BCUT2D eigenvalue weighted by atomic mass is 10.2. The molecule has 4 nitrogen and oxygen atoms in total. The highest BCUT2D eigenvalue weighted by molar-refractivity contribution is 7.58. The van der Waals surface area contributed by atoms with E-state index in [2.05, 4.69) is 0 Å². The summed E-state index contributed by atoms with van der Waals surface area (Å²) in [6.45, 7) is 0. The SMILES string of the molecule is O=P1(O)[C@@H](c2ccc(Cl)cc2)OC(c2ccc(Cl)cc2)O[C@H]1c1ccc(Cl)cc1. The summed E-state index contributed by atoms with van der Waals surface area (Å²) in [5, 5.41) is 1.62. The van der Waals surface area contributed by atoms with Gasteiger partial charge >= 0.3 is 0 Å². The van der Waals surface area contributed by atoms with Gasteiger partial charge in [-0.1, -0.05) is 71.2 Å². The quantitative estimate of drug-likeness (QED) is 0.407. The van der Waals surface area contributed by atoms with E-state index in [1.165, 1.54) is 0 Å². The Hall–Kier alpha value is -1.36. The molecule has 0 amide bonds. The Kier molecular flexibility index (Phi) is 6.06. The first-order valence-electron chi connectivity index (χ1n) is 8.74. The van der Waals surface area contributed by atoms with Crippen molar-refractivity contribution in [3.63, 3.8) is 0 Å². The normalized spacial score (nSPS) is 27.0. The Morgan fingerprint density at radius 3 is 1.28 bits per heavy atom. The Bertz CT molecular complexity index is 980. The van der Waals surface area contributed by atoms with Crippen LogP contribution in [0.2, 0.25) is 15.1 Å². The first-order valence-corrected chi connectivity index (χ1v) is 11.7. The molecule has 3 aromatic carbocycles. The minimum atomic E-state index is -4.00. The van der Waals surface area contributed by atoms with Gasteiger partial charge in [-0.3, -0.25) is 4.57 Å². The maximum atomic E-state index is 13.5. The molecule has 1 aliphatic heterocycles. The van der Waals surface area contributed by atoms with Gasteiger partial charge in [0.15, 0.2) is 18.0 Å². The van der Waals surface area contributed by atoms with Crippen LogP contribution in [0.5, 0.6) is 0 Å². The average molecular weight is 470 g/mol. The summed E-state index contributed by atoms with van der Waals surface area (Å²) in [6, 6.07) is 20.3. The largest absolute Gasteiger partial charge is 0.340 e. The van der Waals surface area contributed by atoms with Gasteiger partial charge in [-0.25, -0.2) is 0 Å². The van der Waals surface area contributed by atoms with Crippen molar-refractivity contribution < 1.29 is 18.9 Å². The molecule has 0 saturated carbocycles. The third-order valence-electron chi connectivity index (χ3n) is 4.63. The molecule has 0 radical (unpaired) electrons. The van der Waals surface area contributed by atoms with Gasteiger partial charge in [-0.2, -0.15) is 0 Å². The van der Waals surface area contributed by atoms with Gasteiger partial charge in [-0.15, -0.1) is 0 Å². The van der Waals surface area contributed by atoms with E-state index < -0.39 is 25.3 Å². The van der Waals surface area contributed by atoms with Crippen molar-refractivity contribution in [1.29, 1.82) is 0 Å². The lowest BCUT2D eigenvalue weighted by molar-refractivity contribution is -0.195. The third kappa shape index (κ3) is 4.40. The van der Waals surface area contributed by atoms with Gasteiger partial charge in [0.2, 0.25) is 0 Å². The maximum absolute atomic E-state index is 13.5. The van der Waals surface area contributed by atoms with Crippen LogP contribution >= 0.6 is 42.2 Å². The predicted molar refractivity (Wildman–Crippen MR) is 115 cm³/mol. The molecule has 2 unspecified atom stereocenters. The van der Waals surface area contributed by atoms with Crippen LogP contribution < -0.4 is 0 Å². The van der Waals surface area contributed by atoms with E-state index >= 15 is 0 Å². The summed E-state index contributed by atoms with van der Waals surface area (Å²) in [7, 11) is -4.00. The molecule has 1 N–H and O–H groups in total. The second-order valence-electron chi connectivity index (χ2n) is 6.64. The van der Waals surface area contributed by atoms with Crippen LogP contribution in [0.4, 0.5) is 0 Å². The molecule has 0 aliphatic carbocycles. The highest BCUT2D eigenvalue weighted by Gasteiger charge is 2.49.